The highest BCUT2D eigenvalue weighted by Crippen LogP contribution is 2.40. The van der Waals surface area contributed by atoms with Crippen molar-refractivity contribution in [3.63, 3.8) is 0 Å². The monoisotopic (exact) mass is 505 g/mol. The van der Waals surface area contributed by atoms with Crippen molar-refractivity contribution in [3.8, 4) is 0 Å². The summed E-state index contributed by atoms with van der Waals surface area (Å²) in [5, 5.41) is 7.20. The second-order valence-corrected chi connectivity index (χ2v) is 9.79. The largest absolute Gasteiger partial charge is 0.383 e. The van der Waals surface area contributed by atoms with Gasteiger partial charge in [0.15, 0.2) is 5.11 Å². The zero-order chi connectivity index (χ0) is 25.8. The fourth-order valence-electron chi connectivity index (χ4n) is 4.94. The molecular formula is C28H35N5O2S. The zero-order valence-electron chi connectivity index (χ0n) is 21.7. The fraction of sp³-hybridized carbons (Fsp3) is 0.393. The molecule has 1 amide bonds. The molecule has 1 aliphatic heterocycles. The van der Waals surface area contributed by atoms with Crippen LogP contribution >= 0.6 is 12.2 Å². The maximum atomic E-state index is 12.9. The molecule has 0 radical (unpaired) electrons. The lowest BCUT2D eigenvalue weighted by molar-refractivity contribution is -0.116. The van der Waals surface area contributed by atoms with Crippen molar-refractivity contribution in [2.75, 3.05) is 25.6 Å². The van der Waals surface area contributed by atoms with E-state index in [0.717, 1.165) is 29.1 Å². The Bertz CT molecular complexity index is 1240. The minimum atomic E-state index is -0.114. The maximum Gasteiger partial charge on any atom is 0.226 e. The molecule has 1 aromatic carbocycles. The van der Waals surface area contributed by atoms with Crippen molar-refractivity contribution >= 4 is 28.9 Å². The Labute approximate surface area is 218 Å². The third-order valence-electron chi connectivity index (χ3n) is 6.90. The molecule has 1 saturated heterocycles. The van der Waals surface area contributed by atoms with Gasteiger partial charge in [0.05, 0.1) is 24.4 Å². The lowest BCUT2D eigenvalue weighted by atomic mass is 9.96. The quantitative estimate of drug-likeness (QED) is 0.409. The summed E-state index contributed by atoms with van der Waals surface area (Å²) < 4.78 is 7.61. The first-order chi connectivity index (χ1) is 17.3. The van der Waals surface area contributed by atoms with Crippen LogP contribution in [-0.2, 0) is 16.1 Å². The summed E-state index contributed by atoms with van der Waals surface area (Å²) in [5.41, 5.74) is 7.46. The number of methoxy groups -OCH3 is 1. The second-order valence-electron chi connectivity index (χ2n) is 9.41. The lowest BCUT2D eigenvalue weighted by Gasteiger charge is -2.28. The van der Waals surface area contributed by atoms with E-state index in [0.29, 0.717) is 24.7 Å². The Hall–Kier alpha value is -3.23. The summed E-state index contributed by atoms with van der Waals surface area (Å²) in [6.07, 6.45) is 2.13. The first-order valence-electron chi connectivity index (χ1n) is 12.3. The Morgan fingerprint density at radius 3 is 2.67 bits per heavy atom. The first kappa shape index (κ1) is 25.9. The molecule has 4 rings (SSSR count). The number of benzene rings is 1. The number of aryl methyl sites for hydroxylation is 3. The molecule has 0 saturated carbocycles. The molecule has 190 valence electrons. The summed E-state index contributed by atoms with van der Waals surface area (Å²) >= 11 is 5.80. The van der Waals surface area contributed by atoms with Crippen LogP contribution in [0.3, 0.4) is 0 Å². The first-order valence-corrected chi connectivity index (χ1v) is 12.7. The number of hydrogen-bond donors (Lipinski definition) is 2. The van der Waals surface area contributed by atoms with E-state index in [9.17, 15) is 4.79 Å². The number of carbonyl (C=O) groups is 1. The third kappa shape index (κ3) is 5.44. The van der Waals surface area contributed by atoms with Crippen LogP contribution < -0.4 is 10.6 Å². The van der Waals surface area contributed by atoms with Gasteiger partial charge in [0.1, 0.15) is 0 Å². The predicted octanol–water partition coefficient (Wildman–Crippen LogP) is 4.76. The van der Waals surface area contributed by atoms with Crippen LogP contribution in [0, 0.1) is 27.7 Å². The van der Waals surface area contributed by atoms with Crippen molar-refractivity contribution < 1.29 is 9.53 Å². The van der Waals surface area contributed by atoms with Gasteiger partial charge in [-0.15, -0.1) is 0 Å². The van der Waals surface area contributed by atoms with E-state index < -0.39 is 0 Å². The number of amides is 1. The molecule has 7 nitrogen and oxygen atoms in total. The van der Waals surface area contributed by atoms with E-state index in [1.807, 2.05) is 50.2 Å². The SMILES string of the molecule is COCCn1c(C)cc([C@@H]2[C@@H](c3ccccn3)NC(=S)N2CCC(=O)Nc2cc(C)ccc2C)c1C. The van der Waals surface area contributed by atoms with Crippen LogP contribution in [-0.4, -0.2) is 45.7 Å². The fourth-order valence-corrected chi connectivity index (χ4v) is 5.28. The predicted molar refractivity (Wildman–Crippen MR) is 147 cm³/mol. The van der Waals surface area contributed by atoms with Crippen LogP contribution in [0.15, 0.2) is 48.7 Å². The Morgan fingerprint density at radius 2 is 1.94 bits per heavy atom. The van der Waals surface area contributed by atoms with Gasteiger partial charge in [-0.3, -0.25) is 9.78 Å². The molecule has 0 bridgehead atoms. The number of carbonyl (C=O) groups excluding carboxylic acids is 1. The molecule has 1 fully saturated rings. The van der Waals surface area contributed by atoms with Gasteiger partial charge in [-0.05, 0) is 80.9 Å². The van der Waals surface area contributed by atoms with Crippen molar-refractivity contribution in [2.24, 2.45) is 0 Å². The summed E-state index contributed by atoms with van der Waals surface area (Å²) in [6.45, 7) is 10.2. The number of nitrogens with zero attached hydrogens (tertiary/aromatic N) is 3. The molecule has 0 aliphatic carbocycles. The van der Waals surface area contributed by atoms with Gasteiger partial charge in [0.25, 0.3) is 0 Å². The third-order valence-corrected chi connectivity index (χ3v) is 7.25. The molecule has 2 N–H and O–H groups in total. The molecule has 1 aliphatic rings. The van der Waals surface area contributed by atoms with Crippen LogP contribution in [0.25, 0.3) is 0 Å². The zero-order valence-corrected chi connectivity index (χ0v) is 22.5. The Balaban J connectivity index is 1.60. The molecule has 36 heavy (non-hydrogen) atoms. The molecule has 8 heteroatoms. The number of anilines is 1. The number of rotatable bonds is 9. The van der Waals surface area contributed by atoms with Gasteiger partial charge in [-0.2, -0.15) is 0 Å². The van der Waals surface area contributed by atoms with E-state index >= 15 is 0 Å². The lowest BCUT2D eigenvalue weighted by Crippen LogP contribution is -2.33. The molecule has 2 aromatic heterocycles. The number of nitrogens with one attached hydrogen (secondary N) is 2. The topological polar surface area (TPSA) is 71.4 Å². The average Bonchev–Trinajstić information content (AvgIpc) is 3.33. The van der Waals surface area contributed by atoms with E-state index in [1.54, 1.807) is 13.3 Å². The Morgan fingerprint density at radius 1 is 1.14 bits per heavy atom. The average molecular weight is 506 g/mol. The Kier molecular flexibility index (Phi) is 8.06. The van der Waals surface area contributed by atoms with E-state index in [2.05, 4.69) is 45.0 Å². The molecule has 0 spiro atoms. The van der Waals surface area contributed by atoms with Crippen LogP contribution in [0.1, 0.15) is 52.3 Å². The van der Waals surface area contributed by atoms with E-state index in [1.165, 1.54) is 17.0 Å². The highest BCUT2D eigenvalue weighted by atomic mass is 32.1. The highest BCUT2D eigenvalue weighted by Gasteiger charge is 2.41. The summed E-state index contributed by atoms with van der Waals surface area (Å²) in [6, 6.07) is 14.0. The molecule has 3 heterocycles. The van der Waals surface area contributed by atoms with Crippen molar-refractivity contribution in [2.45, 2.75) is 52.7 Å². The minimum Gasteiger partial charge on any atom is -0.383 e. The number of pyridine rings is 1. The normalized spacial score (nSPS) is 17.4. The number of aromatic nitrogens is 2. The molecule has 2 atom stereocenters. The second kappa shape index (κ2) is 11.2. The van der Waals surface area contributed by atoms with E-state index in [4.69, 9.17) is 17.0 Å². The van der Waals surface area contributed by atoms with Crippen LogP contribution in [0.4, 0.5) is 5.69 Å². The van der Waals surface area contributed by atoms with Crippen LogP contribution in [0.5, 0.6) is 0 Å². The number of thiocarbonyl (C=S) groups is 1. The van der Waals surface area contributed by atoms with Gasteiger partial charge < -0.3 is 24.8 Å². The highest BCUT2D eigenvalue weighted by molar-refractivity contribution is 7.80. The minimum absolute atomic E-state index is 0.0305. The van der Waals surface area contributed by atoms with Crippen LogP contribution in [0.2, 0.25) is 0 Å². The van der Waals surface area contributed by atoms with Crippen molar-refractivity contribution in [1.82, 2.24) is 19.8 Å². The summed E-state index contributed by atoms with van der Waals surface area (Å²) in [5.74, 6) is -0.0305. The summed E-state index contributed by atoms with van der Waals surface area (Å²) in [4.78, 5) is 19.7. The van der Waals surface area contributed by atoms with Gasteiger partial charge in [-0.25, -0.2) is 0 Å². The molecule has 0 unspecified atom stereocenters. The van der Waals surface area contributed by atoms with Gasteiger partial charge in [-0.1, -0.05) is 18.2 Å². The van der Waals surface area contributed by atoms with Gasteiger partial charge in [0.2, 0.25) is 5.91 Å². The van der Waals surface area contributed by atoms with Crippen molar-refractivity contribution in [1.29, 1.82) is 0 Å². The number of ether oxygens (including phenoxy) is 1. The smallest absolute Gasteiger partial charge is 0.226 e. The van der Waals surface area contributed by atoms with Gasteiger partial charge in [0, 0.05) is 49.9 Å². The maximum absolute atomic E-state index is 12.9. The standard InChI is InChI=1S/C28H35N5O2S/c1-18-9-10-19(2)24(16-18)30-25(34)11-13-33-27(22-17-20(3)32(21(22)4)14-15-35-5)26(31-28(33)36)23-8-6-7-12-29-23/h6-10,12,16-17,26-27H,11,13-15H2,1-5H3,(H,30,34)(H,31,36)/t26-,27-/m1/s1. The summed E-state index contributed by atoms with van der Waals surface area (Å²) in [7, 11) is 1.72. The molecule has 3 aromatic rings. The van der Waals surface area contributed by atoms with Gasteiger partial charge >= 0.3 is 0 Å². The van der Waals surface area contributed by atoms with E-state index in [-0.39, 0.29) is 18.0 Å². The molecular weight excluding hydrogens is 470 g/mol. The van der Waals surface area contributed by atoms with Crippen molar-refractivity contribution in [3.05, 3.63) is 82.4 Å². The number of hydrogen-bond acceptors (Lipinski definition) is 4.